The third-order valence-electron chi connectivity index (χ3n) is 1.14. The van der Waals surface area contributed by atoms with Gasteiger partial charge in [0.05, 0.1) is 0 Å². The molecule has 0 heterocycles. The van der Waals surface area contributed by atoms with E-state index in [4.69, 9.17) is 0 Å². The molecule has 0 aromatic carbocycles. The predicted molar refractivity (Wildman–Crippen MR) is 41.9 cm³/mol. The molecular weight excluding hydrogens is 126 g/mol. The molecule has 0 atom stereocenters. The Balaban J connectivity index is 3.34. The Morgan fingerprint density at radius 3 is 1.50 bits per heavy atom. The van der Waals surface area contributed by atoms with Gasteiger partial charge in [-0.25, -0.2) is 0 Å². The van der Waals surface area contributed by atoms with Crippen LogP contribution in [-0.4, -0.2) is 18.2 Å². The number of rotatable bonds is 4. The van der Waals surface area contributed by atoms with E-state index in [2.05, 4.69) is 27.7 Å². The van der Waals surface area contributed by atoms with Crippen LogP contribution >= 0.6 is 0 Å². The fourth-order valence-electron chi connectivity index (χ4n) is 0.889. The second-order valence-corrected chi connectivity index (χ2v) is 3.63. The fourth-order valence-corrected chi connectivity index (χ4v) is 0.889. The molecule has 0 N–H and O–H groups in total. The molecule has 0 aliphatic carbocycles. The van der Waals surface area contributed by atoms with Crippen LogP contribution in [0, 0.1) is 11.8 Å². The zero-order chi connectivity index (χ0) is 8.15. The van der Waals surface area contributed by atoms with Crippen LogP contribution in [0.25, 0.3) is 0 Å². The van der Waals surface area contributed by atoms with Gasteiger partial charge in [0.25, 0.3) is 0 Å². The Kier molecular flexibility index (Phi) is 4.65. The van der Waals surface area contributed by atoms with Crippen molar-refractivity contribution in [1.29, 1.82) is 0 Å². The second-order valence-electron chi connectivity index (χ2n) is 3.63. The molecule has 0 saturated heterocycles. The zero-order valence-corrected chi connectivity index (χ0v) is 7.42. The molecule has 0 amide bonds. The van der Waals surface area contributed by atoms with Crippen molar-refractivity contribution < 1.29 is 5.21 Å². The lowest BCUT2D eigenvalue weighted by atomic mass is 10.2. The highest BCUT2D eigenvalue weighted by molar-refractivity contribution is 4.52. The van der Waals surface area contributed by atoms with Gasteiger partial charge in [0.2, 0.25) is 0 Å². The molecule has 0 aliphatic rings. The van der Waals surface area contributed by atoms with Crippen molar-refractivity contribution in [2.45, 2.75) is 27.7 Å². The predicted octanol–water partition coefficient (Wildman–Crippen LogP) is 1.95. The van der Waals surface area contributed by atoms with Gasteiger partial charge < -0.3 is 0 Å². The highest BCUT2D eigenvalue weighted by atomic mass is 16.5. The lowest BCUT2D eigenvalue weighted by Gasteiger charge is -2.15. The van der Waals surface area contributed by atoms with E-state index in [0.29, 0.717) is 24.9 Å². The first kappa shape index (κ1) is 9.92. The Morgan fingerprint density at radius 2 is 1.30 bits per heavy atom. The van der Waals surface area contributed by atoms with Gasteiger partial charge in [0.1, 0.15) is 0 Å². The van der Waals surface area contributed by atoms with Crippen molar-refractivity contribution in [2.75, 3.05) is 13.1 Å². The summed E-state index contributed by atoms with van der Waals surface area (Å²) in [6.07, 6.45) is 0. The van der Waals surface area contributed by atoms with Crippen molar-refractivity contribution in [2.24, 2.45) is 11.8 Å². The highest BCUT2D eigenvalue weighted by Crippen LogP contribution is 2.00. The van der Waals surface area contributed by atoms with Crippen LogP contribution in [0.3, 0.4) is 0 Å². The number of nitrogens with zero attached hydrogens (tertiary/aromatic N) is 1. The Labute approximate surface area is 63.8 Å². The first-order valence-electron chi connectivity index (χ1n) is 3.94. The van der Waals surface area contributed by atoms with E-state index in [0.717, 1.165) is 5.06 Å². The normalized spacial score (nSPS) is 12.0. The summed E-state index contributed by atoms with van der Waals surface area (Å²) in [4.78, 5) is 0. The molecule has 2 nitrogen and oxygen atoms in total. The van der Waals surface area contributed by atoms with E-state index in [1.54, 1.807) is 0 Å². The molecular formula is C8H18NO. The monoisotopic (exact) mass is 144 g/mol. The molecule has 0 fully saturated rings. The van der Waals surface area contributed by atoms with Crippen molar-refractivity contribution in [1.82, 2.24) is 5.06 Å². The maximum Gasteiger partial charge on any atom is 0.0294 e. The molecule has 0 saturated carbocycles. The largest absolute Gasteiger partial charge is 0.154 e. The smallest absolute Gasteiger partial charge is 0.0294 e. The van der Waals surface area contributed by atoms with Crippen LogP contribution in [0.2, 0.25) is 0 Å². The van der Waals surface area contributed by atoms with Crippen molar-refractivity contribution in [3.05, 3.63) is 0 Å². The Morgan fingerprint density at radius 1 is 1.00 bits per heavy atom. The topological polar surface area (TPSA) is 23.1 Å². The van der Waals surface area contributed by atoms with Crippen LogP contribution in [0.5, 0.6) is 0 Å². The third kappa shape index (κ3) is 6.05. The van der Waals surface area contributed by atoms with Crippen LogP contribution in [-0.2, 0) is 5.21 Å². The Hall–Kier alpha value is -0.0800. The van der Waals surface area contributed by atoms with Gasteiger partial charge in [-0.1, -0.05) is 27.7 Å². The summed E-state index contributed by atoms with van der Waals surface area (Å²) in [5.74, 6) is 0.965. The fraction of sp³-hybridized carbons (Fsp3) is 1.00. The molecule has 0 aromatic rings. The quantitative estimate of drug-likeness (QED) is 0.553. The standard InChI is InChI=1S/C8H18NO/c1-7(2)5-9(10)6-8(3)4/h7-8H,5-6H2,1-4H3. The van der Waals surface area contributed by atoms with Crippen LogP contribution in [0.1, 0.15) is 27.7 Å². The summed E-state index contributed by atoms with van der Waals surface area (Å²) < 4.78 is 0. The lowest BCUT2D eigenvalue weighted by molar-refractivity contribution is -0.168. The van der Waals surface area contributed by atoms with E-state index < -0.39 is 0 Å². The zero-order valence-electron chi connectivity index (χ0n) is 7.42. The minimum Gasteiger partial charge on any atom is -0.154 e. The second kappa shape index (κ2) is 4.69. The molecule has 1 radical (unpaired) electrons. The molecule has 61 valence electrons. The number of hydrogen-bond acceptors (Lipinski definition) is 1. The molecule has 0 bridgehead atoms. The van der Waals surface area contributed by atoms with Gasteiger partial charge in [0.15, 0.2) is 0 Å². The molecule has 0 aliphatic heterocycles. The van der Waals surface area contributed by atoms with E-state index in [1.165, 1.54) is 0 Å². The van der Waals surface area contributed by atoms with Gasteiger partial charge in [-0.15, -0.1) is 5.21 Å². The van der Waals surface area contributed by atoms with Gasteiger partial charge >= 0.3 is 0 Å². The summed E-state index contributed by atoms with van der Waals surface area (Å²) in [6.45, 7) is 9.57. The van der Waals surface area contributed by atoms with Gasteiger partial charge in [-0.2, -0.15) is 5.06 Å². The van der Waals surface area contributed by atoms with E-state index >= 15 is 0 Å². The molecule has 0 spiro atoms. The first-order valence-corrected chi connectivity index (χ1v) is 3.94. The number of hydroxylamine groups is 2. The summed E-state index contributed by atoms with van der Waals surface area (Å²) in [5, 5.41) is 12.1. The summed E-state index contributed by atoms with van der Waals surface area (Å²) in [6, 6.07) is 0. The van der Waals surface area contributed by atoms with Crippen LogP contribution in [0.4, 0.5) is 0 Å². The molecule has 0 rings (SSSR count). The van der Waals surface area contributed by atoms with Crippen molar-refractivity contribution in [3.8, 4) is 0 Å². The highest BCUT2D eigenvalue weighted by Gasteiger charge is 2.06. The van der Waals surface area contributed by atoms with Crippen molar-refractivity contribution >= 4 is 0 Å². The molecule has 2 heteroatoms. The van der Waals surface area contributed by atoms with E-state index in [9.17, 15) is 5.21 Å². The van der Waals surface area contributed by atoms with Crippen molar-refractivity contribution in [3.63, 3.8) is 0 Å². The SMILES string of the molecule is CC(C)CN([O])CC(C)C. The maximum atomic E-state index is 11.0. The molecule has 10 heavy (non-hydrogen) atoms. The third-order valence-corrected chi connectivity index (χ3v) is 1.14. The van der Waals surface area contributed by atoms with Crippen LogP contribution in [0.15, 0.2) is 0 Å². The molecule has 0 unspecified atom stereocenters. The van der Waals surface area contributed by atoms with E-state index in [-0.39, 0.29) is 0 Å². The number of hydrogen-bond donors (Lipinski definition) is 0. The average molecular weight is 144 g/mol. The Bertz CT molecular complexity index is 71.3. The minimum atomic E-state index is 0.483. The van der Waals surface area contributed by atoms with Crippen LogP contribution < -0.4 is 0 Å². The maximum absolute atomic E-state index is 11.0. The summed E-state index contributed by atoms with van der Waals surface area (Å²) in [5.41, 5.74) is 0. The lowest BCUT2D eigenvalue weighted by Crippen LogP contribution is -2.26. The summed E-state index contributed by atoms with van der Waals surface area (Å²) >= 11 is 0. The summed E-state index contributed by atoms with van der Waals surface area (Å²) in [7, 11) is 0. The van der Waals surface area contributed by atoms with E-state index in [1.807, 2.05) is 0 Å². The minimum absolute atomic E-state index is 0.483. The van der Waals surface area contributed by atoms with Gasteiger partial charge in [-0.3, -0.25) is 0 Å². The van der Waals surface area contributed by atoms with Gasteiger partial charge in [-0.05, 0) is 11.8 Å². The first-order chi connectivity index (χ1) is 4.52. The average Bonchev–Trinajstić information content (AvgIpc) is 1.58. The van der Waals surface area contributed by atoms with Gasteiger partial charge in [0, 0.05) is 13.1 Å². The molecule has 0 aromatic heterocycles.